The topological polar surface area (TPSA) is 23.8 Å². The maximum absolute atomic E-state index is 8.62. The number of halogens is 1. The summed E-state index contributed by atoms with van der Waals surface area (Å²) in [6.07, 6.45) is 0. The second-order valence-corrected chi connectivity index (χ2v) is 3.90. The molecule has 0 amide bonds. The fourth-order valence-corrected chi connectivity index (χ4v) is 1.85. The summed E-state index contributed by atoms with van der Waals surface area (Å²) in [5.41, 5.74) is 0.662. The predicted octanol–water partition coefficient (Wildman–Crippen LogP) is 3.32. The SMILES string of the molecule is CCSc1cc(C#N)ccc1Cl. The van der Waals surface area contributed by atoms with Crippen molar-refractivity contribution in [1.82, 2.24) is 0 Å². The van der Waals surface area contributed by atoms with Crippen molar-refractivity contribution in [3.8, 4) is 6.07 Å². The molecular weight excluding hydrogens is 190 g/mol. The summed E-state index contributed by atoms with van der Waals surface area (Å²) in [6, 6.07) is 7.38. The van der Waals surface area contributed by atoms with E-state index in [0.717, 1.165) is 15.7 Å². The molecule has 0 spiro atoms. The van der Waals surface area contributed by atoms with Gasteiger partial charge in [0.2, 0.25) is 0 Å². The van der Waals surface area contributed by atoms with E-state index < -0.39 is 0 Å². The average Bonchev–Trinajstić information content (AvgIpc) is 2.09. The Morgan fingerprint density at radius 2 is 2.33 bits per heavy atom. The highest BCUT2D eigenvalue weighted by Gasteiger charge is 2.00. The minimum absolute atomic E-state index is 0.662. The number of hydrogen-bond acceptors (Lipinski definition) is 2. The molecular formula is C9H8ClNS. The molecule has 0 aliphatic carbocycles. The van der Waals surface area contributed by atoms with Crippen LogP contribution in [0.5, 0.6) is 0 Å². The second kappa shape index (κ2) is 4.39. The van der Waals surface area contributed by atoms with Gasteiger partial charge in [0.15, 0.2) is 0 Å². The number of benzene rings is 1. The zero-order chi connectivity index (χ0) is 8.97. The molecule has 0 radical (unpaired) electrons. The smallest absolute Gasteiger partial charge is 0.0992 e. The Hall–Kier alpha value is -0.650. The van der Waals surface area contributed by atoms with Crippen LogP contribution in [0.25, 0.3) is 0 Å². The number of hydrogen-bond donors (Lipinski definition) is 0. The lowest BCUT2D eigenvalue weighted by Gasteiger charge is -2.00. The number of nitriles is 1. The monoisotopic (exact) mass is 197 g/mol. The van der Waals surface area contributed by atoms with Gasteiger partial charge in [0.05, 0.1) is 16.7 Å². The molecule has 0 aliphatic heterocycles. The van der Waals surface area contributed by atoms with Crippen molar-refractivity contribution in [2.75, 3.05) is 5.75 Å². The van der Waals surface area contributed by atoms with Crippen molar-refractivity contribution in [1.29, 1.82) is 5.26 Å². The summed E-state index contributed by atoms with van der Waals surface area (Å²) in [6.45, 7) is 2.06. The third-order valence-corrected chi connectivity index (χ3v) is 2.74. The lowest BCUT2D eigenvalue weighted by atomic mass is 10.2. The van der Waals surface area contributed by atoms with E-state index in [9.17, 15) is 0 Å². The summed E-state index contributed by atoms with van der Waals surface area (Å²) in [4.78, 5) is 0.984. The standard InChI is InChI=1S/C9H8ClNS/c1-2-12-9-5-7(6-11)3-4-8(9)10/h3-5H,2H2,1H3. The van der Waals surface area contributed by atoms with E-state index in [1.54, 1.807) is 23.9 Å². The zero-order valence-corrected chi connectivity index (χ0v) is 8.25. The van der Waals surface area contributed by atoms with E-state index in [4.69, 9.17) is 16.9 Å². The molecule has 12 heavy (non-hydrogen) atoms. The molecule has 0 saturated heterocycles. The first-order valence-electron chi connectivity index (χ1n) is 3.60. The van der Waals surface area contributed by atoms with E-state index >= 15 is 0 Å². The molecule has 0 fully saturated rings. The molecule has 0 aliphatic rings. The van der Waals surface area contributed by atoms with E-state index in [1.165, 1.54) is 0 Å². The largest absolute Gasteiger partial charge is 0.192 e. The first kappa shape index (κ1) is 9.44. The summed E-state index contributed by atoms with van der Waals surface area (Å²) < 4.78 is 0. The van der Waals surface area contributed by atoms with Gasteiger partial charge >= 0.3 is 0 Å². The highest BCUT2D eigenvalue weighted by Crippen LogP contribution is 2.27. The molecule has 0 saturated carbocycles. The minimum atomic E-state index is 0.662. The Bertz CT molecular complexity index is 317. The zero-order valence-electron chi connectivity index (χ0n) is 6.67. The van der Waals surface area contributed by atoms with Crippen LogP contribution < -0.4 is 0 Å². The first-order chi connectivity index (χ1) is 5.77. The Kier molecular flexibility index (Phi) is 3.46. The van der Waals surface area contributed by atoms with Crippen molar-refractivity contribution in [2.45, 2.75) is 11.8 Å². The quantitative estimate of drug-likeness (QED) is 0.680. The maximum atomic E-state index is 8.62. The van der Waals surface area contributed by atoms with Gasteiger partial charge in [-0.15, -0.1) is 11.8 Å². The molecule has 0 heterocycles. The van der Waals surface area contributed by atoms with Crippen LogP contribution in [0, 0.1) is 11.3 Å². The van der Waals surface area contributed by atoms with Crippen molar-refractivity contribution in [3.63, 3.8) is 0 Å². The molecule has 0 atom stereocenters. The fourth-order valence-electron chi connectivity index (χ4n) is 0.839. The summed E-state index contributed by atoms with van der Waals surface area (Å²) in [7, 11) is 0. The van der Waals surface area contributed by atoms with Crippen molar-refractivity contribution in [2.24, 2.45) is 0 Å². The Morgan fingerprint density at radius 1 is 1.58 bits per heavy atom. The van der Waals surface area contributed by atoms with Crippen LogP contribution in [0.1, 0.15) is 12.5 Å². The second-order valence-electron chi connectivity index (χ2n) is 2.19. The average molecular weight is 198 g/mol. The molecule has 0 aromatic heterocycles. The molecule has 1 nitrogen and oxygen atoms in total. The van der Waals surface area contributed by atoms with Gasteiger partial charge in [-0.25, -0.2) is 0 Å². The van der Waals surface area contributed by atoms with Crippen molar-refractivity contribution in [3.05, 3.63) is 28.8 Å². The van der Waals surface area contributed by atoms with Gasteiger partial charge in [0.25, 0.3) is 0 Å². The number of rotatable bonds is 2. The van der Waals surface area contributed by atoms with Crippen molar-refractivity contribution < 1.29 is 0 Å². The van der Waals surface area contributed by atoms with Gasteiger partial charge in [-0.2, -0.15) is 5.26 Å². The molecule has 1 aromatic rings. The molecule has 0 bridgehead atoms. The van der Waals surface area contributed by atoms with E-state index in [2.05, 4.69) is 13.0 Å². The van der Waals surface area contributed by atoms with E-state index in [1.807, 2.05) is 6.07 Å². The molecule has 0 N–H and O–H groups in total. The van der Waals surface area contributed by atoms with Gasteiger partial charge < -0.3 is 0 Å². The van der Waals surface area contributed by atoms with Crippen LogP contribution in [0.4, 0.5) is 0 Å². The van der Waals surface area contributed by atoms with E-state index in [0.29, 0.717) is 5.56 Å². The van der Waals surface area contributed by atoms with Crippen molar-refractivity contribution >= 4 is 23.4 Å². The molecule has 1 aromatic carbocycles. The van der Waals surface area contributed by atoms with Crippen LogP contribution in [-0.4, -0.2) is 5.75 Å². The Balaban J connectivity index is 3.01. The fraction of sp³-hybridized carbons (Fsp3) is 0.222. The molecule has 1 rings (SSSR count). The molecule has 62 valence electrons. The summed E-state index contributed by atoms with van der Waals surface area (Å²) in [5.74, 6) is 0.967. The van der Waals surface area contributed by atoms with Crippen LogP contribution in [0.15, 0.2) is 23.1 Å². The van der Waals surface area contributed by atoms with Crippen LogP contribution >= 0.6 is 23.4 Å². The van der Waals surface area contributed by atoms with Crippen LogP contribution in [-0.2, 0) is 0 Å². The first-order valence-corrected chi connectivity index (χ1v) is 4.96. The predicted molar refractivity (Wildman–Crippen MR) is 52.6 cm³/mol. The van der Waals surface area contributed by atoms with Gasteiger partial charge in [-0.05, 0) is 24.0 Å². The van der Waals surface area contributed by atoms with Crippen LogP contribution in [0.2, 0.25) is 5.02 Å². The van der Waals surface area contributed by atoms with Crippen LogP contribution in [0.3, 0.4) is 0 Å². The maximum Gasteiger partial charge on any atom is 0.0992 e. The lowest BCUT2D eigenvalue weighted by molar-refractivity contribution is 1.39. The third-order valence-electron chi connectivity index (χ3n) is 1.36. The van der Waals surface area contributed by atoms with Gasteiger partial charge in [0, 0.05) is 4.90 Å². The number of thioether (sulfide) groups is 1. The molecule has 0 unspecified atom stereocenters. The van der Waals surface area contributed by atoms with Gasteiger partial charge in [-0.3, -0.25) is 0 Å². The highest BCUT2D eigenvalue weighted by molar-refractivity contribution is 7.99. The molecule has 3 heteroatoms. The minimum Gasteiger partial charge on any atom is -0.192 e. The summed E-state index contributed by atoms with van der Waals surface area (Å²) in [5, 5.41) is 9.34. The third kappa shape index (κ3) is 2.17. The normalized spacial score (nSPS) is 9.42. The lowest BCUT2D eigenvalue weighted by Crippen LogP contribution is -1.78. The Morgan fingerprint density at radius 3 is 2.92 bits per heavy atom. The van der Waals surface area contributed by atoms with Gasteiger partial charge in [0.1, 0.15) is 0 Å². The van der Waals surface area contributed by atoms with E-state index in [-0.39, 0.29) is 0 Å². The Labute approximate surface area is 81.3 Å². The number of nitrogens with zero attached hydrogens (tertiary/aromatic N) is 1. The highest BCUT2D eigenvalue weighted by atomic mass is 35.5. The van der Waals surface area contributed by atoms with Gasteiger partial charge in [-0.1, -0.05) is 18.5 Å². The summed E-state index contributed by atoms with van der Waals surface area (Å²) >= 11 is 7.55.